The van der Waals surface area contributed by atoms with Gasteiger partial charge in [-0.25, -0.2) is 0 Å². The zero-order valence-corrected chi connectivity index (χ0v) is 11.7. The number of nitrogens with one attached hydrogen (secondary N) is 1. The quantitative estimate of drug-likeness (QED) is 0.672. The molecule has 1 heterocycles. The summed E-state index contributed by atoms with van der Waals surface area (Å²) >= 11 is 6.03. The second-order valence-corrected chi connectivity index (χ2v) is 4.61. The number of aromatic nitrogens is 1. The molecule has 104 valence electrons. The van der Waals surface area contributed by atoms with Crippen LogP contribution in [-0.4, -0.2) is 9.91 Å². The molecule has 1 N–H and O–H groups in total. The molecule has 0 unspecified atom stereocenters. The first-order valence-corrected chi connectivity index (χ1v) is 6.60. The van der Waals surface area contributed by atoms with Gasteiger partial charge in [-0.05, 0) is 24.1 Å². The van der Waals surface area contributed by atoms with E-state index in [2.05, 4.69) is 10.3 Å². The summed E-state index contributed by atoms with van der Waals surface area (Å²) in [6, 6.07) is 8.47. The number of benzene rings is 1. The SMILES string of the molecule is CCc1cccnc1CNc1c(Cl)cccc1[N+](=O)[O-]. The van der Waals surface area contributed by atoms with E-state index >= 15 is 0 Å². The van der Waals surface area contributed by atoms with Gasteiger partial charge in [0.25, 0.3) is 5.69 Å². The lowest BCUT2D eigenvalue weighted by molar-refractivity contribution is -0.383. The average molecular weight is 292 g/mol. The van der Waals surface area contributed by atoms with Crippen LogP contribution in [0.5, 0.6) is 0 Å². The molecule has 6 heteroatoms. The molecule has 0 saturated carbocycles. The summed E-state index contributed by atoms with van der Waals surface area (Å²) in [6.07, 6.45) is 2.56. The molecule has 0 aliphatic rings. The van der Waals surface area contributed by atoms with E-state index in [-0.39, 0.29) is 5.69 Å². The molecule has 0 amide bonds. The highest BCUT2D eigenvalue weighted by Gasteiger charge is 2.16. The van der Waals surface area contributed by atoms with Gasteiger partial charge < -0.3 is 5.32 Å². The number of halogens is 1. The molecule has 0 spiro atoms. The Kier molecular flexibility index (Phi) is 4.53. The molecule has 0 aliphatic heterocycles. The second kappa shape index (κ2) is 6.34. The van der Waals surface area contributed by atoms with Crippen LogP contribution < -0.4 is 5.32 Å². The maximum atomic E-state index is 11.0. The summed E-state index contributed by atoms with van der Waals surface area (Å²) in [5, 5.41) is 14.3. The number of nitrogens with zero attached hydrogens (tertiary/aromatic N) is 2. The third-order valence-corrected chi connectivity index (χ3v) is 3.30. The lowest BCUT2D eigenvalue weighted by atomic mass is 10.1. The number of pyridine rings is 1. The van der Waals surface area contributed by atoms with Crippen molar-refractivity contribution in [1.29, 1.82) is 0 Å². The van der Waals surface area contributed by atoms with Crippen LogP contribution in [0.1, 0.15) is 18.2 Å². The van der Waals surface area contributed by atoms with Crippen LogP contribution in [0.2, 0.25) is 5.02 Å². The Morgan fingerprint density at radius 2 is 2.15 bits per heavy atom. The van der Waals surface area contributed by atoms with Gasteiger partial charge in [0.2, 0.25) is 0 Å². The van der Waals surface area contributed by atoms with Gasteiger partial charge in [0.05, 0.1) is 22.2 Å². The van der Waals surface area contributed by atoms with Crippen LogP contribution in [0.3, 0.4) is 0 Å². The molecule has 1 aromatic carbocycles. The predicted octanol–water partition coefficient (Wildman–Crippen LogP) is 3.82. The molecule has 0 atom stereocenters. The Labute approximate surface area is 121 Å². The summed E-state index contributed by atoms with van der Waals surface area (Å²) in [5.74, 6) is 0. The first-order chi connectivity index (χ1) is 9.63. The standard InChI is InChI=1S/C14H14ClN3O2/c1-2-10-5-4-8-16-12(10)9-17-14-11(15)6-3-7-13(14)18(19)20/h3-8,17H,2,9H2,1H3. The molecule has 1 aromatic heterocycles. The van der Waals surface area contributed by atoms with Crippen molar-refractivity contribution in [1.82, 2.24) is 4.98 Å². The number of nitro groups is 1. The maximum absolute atomic E-state index is 11.0. The van der Waals surface area contributed by atoms with Crippen LogP contribution in [0.4, 0.5) is 11.4 Å². The summed E-state index contributed by atoms with van der Waals surface area (Å²) < 4.78 is 0. The molecule has 0 radical (unpaired) electrons. The normalized spacial score (nSPS) is 10.3. The summed E-state index contributed by atoms with van der Waals surface area (Å²) in [4.78, 5) is 14.8. The van der Waals surface area contributed by atoms with E-state index in [4.69, 9.17) is 11.6 Å². The van der Waals surface area contributed by atoms with E-state index in [9.17, 15) is 10.1 Å². The topological polar surface area (TPSA) is 68.1 Å². The number of aryl methyl sites for hydroxylation is 1. The average Bonchev–Trinajstić information content (AvgIpc) is 2.46. The van der Waals surface area contributed by atoms with Crippen LogP contribution in [-0.2, 0) is 13.0 Å². The van der Waals surface area contributed by atoms with Crippen molar-refractivity contribution >= 4 is 23.0 Å². The van der Waals surface area contributed by atoms with Gasteiger partial charge in [0.15, 0.2) is 0 Å². The van der Waals surface area contributed by atoms with E-state index in [1.165, 1.54) is 6.07 Å². The van der Waals surface area contributed by atoms with Crippen molar-refractivity contribution < 1.29 is 4.92 Å². The lowest BCUT2D eigenvalue weighted by Crippen LogP contribution is -2.07. The van der Waals surface area contributed by atoms with E-state index < -0.39 is 4.92 Å². The van der Waals surface area contributed by atoms with E-state index in [0.717, 1.165) is 17.7 Å². The third kappa shape index (κ3) is 3.05. The Morgan fingerprint density at radius 1 is 1.35 bits per heavy atom. The van der Waals surface area contributed by atoms with Gasteiger partial charge in [0.1, 0.15) is 5.69 Å². The molecule has 20 heavy (non-hydrogen) atoms. The molecule has 2 rings (SSSR count). The Hall–Kier alpha value is -2.14. The number of anilines is 1. The van der Waals surface area contributed by atoms with Crippen molar-refractivity contribution in [2.24, 2.45) is 0 Å². The largest absolute Gasteiger partial charge is 0.373 e. The van der Waals surface area contributed by atoms with E-state index in [1.54, 1.807) is 18.3 Å². The minimum absolute atomic E-state index is 0.0357. The van der Waals surface area contributed by atoms with Crippen molar-refractivity contribution in [3.63, 3.8) is 0 Å². The minimum Gasteiger partial charge on any atom is -0.373 e. The number of hydrogen-bond acceptors (Lipinski definition) is 4. The highest BCUT2D eigenvalue weighted by atomic mass is 35.5. The molecule has 0 bridgehead atoms. The highest BCUT2D eigenvalue weighted by Crippen LogP contribution is 2.32. The van der Waals surface area contributed by atoms with Crippen LogP contribution in [0.25, 0.3) is 0 Å². The molecule has 5 nitrogen and oxygen atoms in total. The predicted molar refractivity (Wildman–Crippen MR) is 79.0 cm³/mol. The van der Waals surface area contributed by atoms with Gasteiger partial charge in [-0.3, -0.25) is 15.1 Å². The number of para-hydroxylation sites is 1. The summed E-state index contributed by atoms with van der Waals surface area (Å²) in [7, 11) is 0. The summed E-state index contributed by atoms with van der Waals surface area (Å²) in [5.41, 5.74) is 2.26. The Morgan fingerprint density at radius 3 is 2.85 bits per heavy atom. The van der Waals surface area contributed by atoms with E-state index in [0.29, 0.717) is 17.3 Å². The molecular weight excluding hydrogens is 278 g/mol. The zero-order chi connectivity index (χ0) is 14.5. The van der Waals surface area contributed by atoms with Crippen molar-refractivity contribution in [3.8, 4) is 0 Å². The highest BCUT2D eigenvalue weighted by molar-refractivity contribution is 6.33. The second-order valence-electron chi connectivity index (χ2n) is 4.21. The van der Waals surface area contributed by atoms with Crippen molar-refractivity contribution in [3.05, 3.63) is 62.9 Å². The Balaban J connectivity index is 2.25. The van der Waals surface area contributed by atoms with Gasteiger partial charge in [-0.15, -0.1) is 0 Å². The van der Waals surface area contributed by atoms with Crippen molar-refractivity contribution in [2.45, 2.75) is 19.9 Å². The van der Waals surface area contributed by atoms with Crippen molar-refractivity contribution in [2.75, 3.05) is 5.32 Å². The molecule has 0 saturated heterocycles. The fourth-order valence-electron chi connectivity index (χ4n) is 1.96. The van der Waals surface area contributed by atoms with Gasteiger partial charge in [-0.1, -0.05) is 30.7 Å². The van der Waals surface area contributed by atoms with Crippen LogP contribution in [0.15, 0.2) is 36.5 Å². The first-order valence-electron chi connectivity index (χ1n) is 6.23. The molecule has 0 fully saturated rings. The maximum Gasteiger partial charge on any atom is 0.293 e. The monoisotopic (exact) mass is 291 g/mol. The Bertz CT molecular complexity index is 632. The van der Waals surface area contributed by atoms with E-state index in [1.807, 2.05) is 19.1 Å². The lowest BCUT2D eigenvalue weighted by Gasteiger charge is -2.10. The van der Waals surface area contributed by atoms with Crippen LogP contribution >= 0.6 is 11.6 Å². The molecular formula is C14H14ClN3O2. The number of nitro benzene ring substituents is 1. The number of hydrogen-bond donors (Lipinski definition) is 1. The van der Waals surface area contributed by atoms with Gasteiger partial charge >= 0.3 is 0 Å². The smallest absolute Gasteiger partial charge is 0.293 e. The third-order valence-electron chi connectivity index (χ3n) is 2.99. The molecule has 0 aliphatic carbocycles. The minimum atomic E-state index is -0.451. The van der Waals surface area contributed by atoms with Crippen LogP contribution in [0, 0.1) is 10.1 Å². The fourth-order valence-corrected chi connectivity index (χ4v) is 2.20. The summed E-state index contributed by atoms with van der Waals surface area (Å²) in [6.45, 7) is 2.44. The number of rotatable bonds is 5. The zero-order valence-electron chi connectivity index (χ0n) is 11.0. The first kappa shape index (κ1) is 14.3. The van der Waals surface area contributed by atoms with Gasteiger partial charge in [0, 0.05) is 12.3 Å². The molecule has 2 aromatic rings. The van der Waals surface area contributed by atoms with Gasteiger partial charge in [-0.2, -0.15) is 0 Å². The fraction of sp³-hybridized carbons (Fsp3) is 0.214.